The van der Waals surface area contributed by atoms with Crippen LogP contribution < -0.4 is 10.6 Å². The van der Waals surface area contributed by atoms with E-state index in [1.165, 1.54) is 0 Å². The average Bonchev–Trinajstić information content (AvgIpc) is 2.87. The van der Waals surface area contributed by atoms with Gasteiger partial charge in [0.05, 0.1) is 12.1 Å². The predicted octanol–water partition coefficient (Wildman–Crippen LogP) is 0.0556. The van der Waals surface area contributed by atoms with E-state index in [0.29, 0.717) is 0 Å². The molecular formula is C11H18N2O2. The van der Waals surface area contributed by atoms with Crippen molar-refractivity contribution in [1.29, 1.82) is 0 Å². The van der Waals surface area contributed by atoms with E-state index in [2.05, 4.69) is 22.8 Å². The van der Waals surface area contributed by atoms with Crippen molar-refractivity contribution in [2.45, 2.75) is 25.0 Å². The van der Waals surface area contributed by atoms with Gasteiger partial charge < -0.3 is 15.4 Å². The van der Waals surface area contributed by atoms with Crippen molar-refractivity contribution >= 4 is 5.91 Å². The Morgan fingerprint density at radius 3 is 2.80 bits per heavy atom. The van der Waals surface area contributed by atoms with Crippen LogP contribution in [0, 0.1) is 5.92 Å². The van der Waals surface area contributed by atoms with Crippen LogP contribution in [0.15, 0.2) is 12.2 Å². The number of methoxy groups -OCH3 is 1. The number of allylic oxidation sites excluding steroid dienone is 2. The van der Waals surface area contributed by atoms with Crippen molar-refractivity contribution in [3.05, 3.63) is 12.2 Å². The summed E-state index contributed by atoms with van der Waals surface area (Å²) in [4.78, 5) is 11.8. The monoisotopic (exact) mass is 210 g/mol. The van der Waals surface area contributed by atoms with Crippen LogP contribution in [0.5, 0.6) is 0 Å². The third kappa shape index (κ3) is 2.38. The highest BCUT2D eigenvalue weighted by Crippen LogP contribution is 2.18. The SMILES string of the molecule is CO[C@H]1CNCC1NC(=O)C1CC=CC1. The maximum absolute atomic E-state index is 11.8. The van der Waals surface area contributed by atoms with Crippen molar-refractivity contribution in [2.75, 3.05) is 20.2 Å². The number of ether oxygens (including phenoxy) is 1. The van der Waals surface area contributed by atoms with E-state index >= 15 is 0 Å². The average molecular weight is 210 g/mol. The summed E-state index contributed by atoms with van der Waals surface area (Å²) in [6.07, 6.45) is 6.02. The molecule has 0 aromatic rings. The number of hydrogen-bond donors (Lipinski definition) is 2. The molecule has 1 amide bonds. The minimum atomic E-state index is 0.114. The van der Waals surface area contributed by atoms with Gasteiger partial charge >= 0.3 is 0 Å². The van der Waals surface area contributed by atoms with E-state index < -0.39 is 0 Å². The Kier molecular flexibility index (Phi) is 3.38. The van der Waals surface area contributed by atoms with Crippen LogP contribution in [0.4, 0.5) is 0 Å². The first-order valence-corrected chi connectivity index (χ1v) is 5.50. The highest BCUT2D eigenvalue weighted by atomic mass is 16.5. The lowest BCUT2D eigenvalue weighted by molar-refractivity contribution is -0.126. The molecular weight excluding hydrogens is 192 g/mol. The fourth-order valence-corrected chi connectivity index (χ4v) is 2.18. The molecule has 4 nitrogen and oxygen atoms in total. The Bertz CT molecular complexity index is 257. The lowest BCUT2D eigenvalue weighted by Gasteiger charge is -2.20. The largest absolute Gasteiger partial charge is 0.378 e. The van der Waals surface area contributed by atoms with Crippen LogP contribution in [0.25, 0.3) is 0 Å². The maximum atomic E-state index is 11.8. The van der Waals surface area contributed by atoms with E-state index in [9.17, 15) is 4.79 Å². The summed E-state index contributed by atoms with van der Waals surface area (Å²) < 4.78 is 5.29. The summed E-state index contributed by atoms with van der Waals surface area (Å²) in [7, 11) is 1.69. The molecule has 0 aromatic heterocycles. The van der Waals surface area contributed by atoms with Gasteiger partial charge in [-0.05, 0) is 12.8 Å². The first-order chi connectivity index (χ1) is 7.31. The fraction of sp³-hybridized carbons (Fsp3) is 0.727. The first kappa shape index (κ1) is 10.6. The molecule has 15 heavy (non-hydrogen) atoms. The molecule has 1 saturated heterocycles. The normalized spacial score (nSPS) is 31.0. The molecule has 1 heterocycles. The van der Waals surface area contributed by atoms with Crippen LogP contribution in [0.2, 0.25) is 0 Å². The van der Waals surface area contributed by atoms with E-state index in [1.807, 2.05) is 0 Å². The number of carbonyl (C=O) groups excluding carboxylic acids is 1. The molecule has 2 atom stereocenters. The minimum Gasteiger partial charge on any atom is -0.378 e. The Morgan fingerprint density at radius 2 is 2.13 bits per heavy atom. The summed E-state index contributed by atoms with van der Waals surface area (Å²) in [5, 5.41) is 6.27. The van der Waals surface area contributed by atoms with Crippen LogP contribution in [0.3, 0.4) is 0 Å². The van der Waals surface area contributed by atoms with Crippen molar-refractivity contribution < 1.29 is 9.53 Å². The topological polar surface area (TPSA) is 50.4 Å². The Labute approximate surface area is 90.1 Å². The minimum absolute atomic E-state index is 0.114. The van der Waals surface area contributed by atoms with E-state index in [4.69, 9.17) is 4.74 Å². The van der Waals surface area contributed by atoms with Gasteiger partial charge in [-0.2, -0.15) is 0 Å². The van der Waals surface area contributed by atoms with Crippen molar-refractivity contribution in [3.8, 4) is 0 Å². The second kappa shape index (κ2) is 4.77. The van der Waals surface area contributed by atoms with Gasteiger partial charge in [0, 0.05) is 26.1 Å². The third-order valence-corrected chi connectivity index (χ3v) is 3.17. The molecule has 0 radical (unpaired) electrons. The second-order valence-electron chi connectivity index (χ2n) is 4.19. The van der Waals surface area contributed by atoms with Crippen LogP contribution in [-0.2, 0) is 9.53 Å². The molecule has 0 bridgehead atoms. The van der Waals surface area contributed by atoms with Gasteiger partial charge in [-0.15, -0.1) is 0 Å². The molecule has 2 rings (SSSR count). The first-order valence-electron chi connectivity index (χ1n) is 5.50. The number of nitrogens with one attached hydrogen (secondary N) is 2. The molecule has 2 N–H and O–H groups in total. The quantitative estimate of drug-likeness (QED) is 0.647. The summed E-state index contributed by atoms with van der Waals surface area (Å²) in [5.41, 5.74) is 0. The molecule has 0 aromatic carbocycles. The lowest BCUT2D eigenvalue weighted by Crippen LogP contribution is -2.45. The van der Waals surface area contributed by atoms with Gasteiger partial charge in [-0.25, -0.2) is 0 Å². The fourth-order valence-electron chi connectivity index (χ4n) is 2.18. The smallest absolute Gasteiger partial charge is 0.224 e. The van der Waals surface area contributed by atoms with Gasteiger partial charge in [-0.1, -0.05) is 12.2 Å². The second-order valence-corrected chi connectivity index (χ2v) is 4.19. The van der Waals surface area contributed by atoms with Gasteiger partial charge in [0.1, 0.15) is 0 Å². The summed E-state index contributed by atoms with van der Waals surface area (Å²) in [6, 6.07) is 0.128. The molecule has 0 spiro atoms. The van der Waals surface area contributed by atoms with Gasteiger partial charge in [0.2, 0.25) is 5.91 Å². The van der Waals surface area contributed by atoms with Gasteiger partial charge in [0.25, 0.3) is 0 Å². The number of rotatable bonds is 3. The molecule has 1 unspecified atom stereocenters. The standard InChI is InChI=1S/C11H18N2O2/c1-15-10-7-12-6-9(10)13-11(14)8-4-2-3-5-8/h2-3,8-10,12H,4-7H2,1H3,(H,13,14)/t9?,10-/m0/s1. The number of amides is 1. The van der Waals surface area contributed by atoms with Gasteiger partial charge in [-0.3, -0.25) is 4.79 Å². The van der Waals surface area contributed by atoms with Crippen molar-refractivity contribution in [2.24, 2.45) is 5.92 Å². The zero-order chi connectivity index (χ0) is 10.7. The van der Waals surface area contributed by atoms with Crippen LogP contribution in [-0.4, -0.2) is 38.3 Å². The summed E-state index contributed by atoms with van der Waals surface area (Å²) in [6.45, 7) is 1.63. The van der Waals surface area contributed by atoms with Crippen molar-refractivity contribution in [3.63, 3.8) is 0 Å². The van der Waals surface area contributed by atoms with E-state index in [0.717, 1.165) is 25.9 Å². The van der Waals surface area contributed by atoms with E-state index in [-0.39, 0.29) is 24.0 Å². The lowest BCUT2D eigenvalue weighted by atomic mass is 10.1. The highest BCUT2D eigenvalue weighted by molar-refractivity contribution is 5.79. The number of carbonyl (C=O) groups is 1. The molecule has 1 aliphatic carbocycles. The molecule has 0 saturated carbocycles. The summed E-state index contributed by atoms with van der Waals surface area (Å²) in [5.74, 6) is 0.304. The molecule has 4 heteroatoms. The van der Waals surface area contributed by atoms with Crippen LogP contribution in [0.1, 0.15) is 12.8 Å². The zero-order valence-electron chi connectivity index (χ0n) is 9.03. The van der Waals surface area contributed by atoms with Crippen LogP contribution >= 0.6 is 0 Å². The predicted molar refractivity (Wildman–Crippen MR) is 57.5 cm³/mol. The number of hydrogen-bond acceptors (Lipinski definition) is 3. The Morgan fingerprint density at radius 1 is 1.40 bits per heavy atom. The third-order valence-electron chi connectivity index (χ3n) is 3.17. The van der Waals surface area contributed by atoms with Crippen molar-refractivity contribution in [1.82, 2.24) is 10.6 Å². The molecule has 1 aliphatic heterocycles. The van der Waals surface area contributed by atoms with E-state index in [1.54, 1.807) is 7.11 Å². The molecule has 84 valence electrons. The van der Waals surface area contributed by atoms with Gasteiger partial charge in [0.15, 0.2) is 0 Å². The Hall–Kier alpha value is -0.870. The summed E-state index contributed by atoms with van der Waals surface area (Å²) >= 11 is 0. The maximum Gasteiger partial charge on any atom is 0.224 e. The Balaban J connectivity index is 1.82. The molecule has 2 aliphatic rings. The zero-order valence-corrected chi connectivity index (χ0v) is 9.03. The highest BCUT2D eigenvalue weighted by Gasteiger charge is 2.30. The molecule has 1 fully saturated rings.